The predicted octanol–water partition coefficient (Wildman–Crippen LogP) is 4.71. The van der Waals surface area contributed by atoms with Crippen LogP contribution in [0.4, 0.5) is 0 Å². The second kappa shape index (κ2) is 7.94. The van der Waals surface area contributed by atoms with E-state index in [1.807, 2.05) is 0 Å². The molecule has 0 spiro atoms. The van der Waals surface area contributed by atoms with Gasteiger partial charge in [0, 0.05) is 19.8 Å². The summed E-state index contributed by atoms with van der Waals surface area (Å²) in [5, 5.41) is 0. The van der Waals surface area contributed by atoms with E-state index in [9.17, 15) is 14.4 Å². The summed E-state index contributed by atoms with van der Waals surface area (Å²) >= 11 is 0. The molecule has 4 saturated carbocycles. The maximum absolute atomic E-state index is 12.9. The van der Waals surface area contributed by atoms with Gasteiger partial charge in [-0.1, -0.05) is 13.8 Å². The van der Waals surface area contributed by atoms with Gasteiger partial charge in [0.2, 0.25) is 0 Å². The Hall–Kier alpha value is -1.39. The highest BCUT2D eigenvalue weighted by molar-refractivity contribution is 5.85. The molecule has 0 aliphatic heterocycles. The number of ketones is 1. The lowest BCUT2D eigenvalue weighted by Crippen LogP contribution is -2.54. The van der Waals surface area contributed by atoms with Crippen molar-refractivity contribution in [3.63, 3.8) is 0 Å². The number of hydrogen-bond donors (Lipinski definition) is 0. The van der Waals surface area contributed by atoms with E-state index in [1.165, 1.54) is 33.1 Å². The molecule has 8 atom stereocenters. The number of carbonyl (C=O) groups excluding carboxylic acids is 3. The molecule has 4 aliphatic carbocycles. The number of fused-ring (bicyclic) bond motifs is 5. The minimum absolute atomic E-state index is 0.0352. The summed E-state index contributed by atoms with van der Waals surface area (Å²) in [4.78, 5) is 35.5. The molecule has 4 rings (SSSR count). The fourth-order valence-corrected chi connectivity index (χ4v) is 8.36. The quantitative estimate of drug-likeness (QED) is 0.619. The van der Waals surface area contributed by atoms with Crippen molar-refractivity contribution in [2.75, 3.05) is 6.61 Å². The molecule has 168 valence electrons. The molecule has 0 amide bonds. The average molecular weight is 419 g/mol. The van der Waals surface area contributed by atoms with Gasteiger partial charge in [-0.3, -0.25) is 14.4 Å². The number of esters is 2. The third-order valence-corrected chi connectivity index (χ3v) is 9.76. The number of rotatable bonds is 4. The SMILES string of the molecule is CC(=O)OCC(=O)[C@H]1CC[C@H]2[C@@H]3CC[C@@H]4C[C@@H](OC(C)=O)CC[C@]4(C)[C@H]3CC[C@]12C. The van der Waals surface area contributed by atoms with Crippen LogP contribution in [0.2, 0.25) is 0 Å². The van der Waals surface area contributed by atoms with Crippen LogP contribution in [0.3, 0.4) is 0 Å². The molecule has 0 radical (unpaired) electrons. The van der Waals surface area contributed by atoms with E-state index in [1.54, 1.807) is 0 Å². The molecule has 0 heterocycles. The van der Waals surface area contributed by atoms with Crippen LogP contribution < -0.4 is 0 Å². The first-order valence-corrected chi connectivity index (χ1v) is 12.0. The van der Waals surface area contributed by atoms with Crippen molar-refractivity contribution in [3.8, 4) is 0 Å². The van der Waals surface area contributed by atoms with E-state index in [2.05, 4.69) is 13.8 Å². The molecule has 0 aromatic rings. The summed E-state index contributed by atoms with van der Waals surface area (Å²) in [5.41, 5.74) is 0.386. The highest BCUT2D eigenvalue weighted by Gasteiger charge is 2.61. The lowest BCUT2D eigenvalue weighted by molar-refractivity contribution is -0.161. The van der Waals surface area contributed by atoms with Gasteiger partial charge in [0.15, 0.2) is 5.78 Å². The van der Waals surface area contributed by atoms with Crippen molar-refractivity contribution in [2.24, 2.45) is 40.4 Å². The Labute approximate surface area is 180 Å². The van der Waals surface area contributed by atoms with Crippen LogP contribution in [0, 0.1) is 40.4 Å². The van der Waals surface area contributed by atoms with Crippen LogP contribution >= 0.6 is 0 Å². The van der Waals surface area contributed by atoms with Crippen LogP contribution in [0.1, 0.15) is 85.5 Å². The molecule has 0 aromatic carbocycles. The molecule has 0 aromatic heterocycles. The molecular formula is C25H38O5. The average Bonchev–Trinajstić information content (AvgIpc) is 3.03. The van der Waals surface area contributed by atoms with E-state index in [4.69, 9.17) is 9.47 Å². The smallest absolute Gasteiger partial charge is 0.303 e. The van der Waals surface area contributed by atoms with Gasteiger partial charge in [-0.15, -0.1) is 0 Å². The van der Waals surface area contributed by atoms with E-state index < -0.39 is 0 Å². The van der Waals surface area contributed by atoms with Crippen LogP contribution in [0.15, 0.2) is 0 Å². The number of Topliss-reactive ketones (excluding diaryl/α,β-unsaturated/α-hetero) is 1. The second-order valence-electron chi connectivity index (χ2n) is 11.1. The summed E-state index contributed by atoms with van der Waals surface area (Å²) in [6, 6.07) is 0. The Balaban J connectivity index is 1.48. The second-order valence-corrected chi connectivity index (χ2v) is 11.1. The van der Waals surface area contributed by atoms with Crippen molar-refractivity contribution in [1.82, 2.24) is 0 Å². The summed E-state index contributed by atoms with van der Waals surface area (Å²) in [6.07, 6.45) is 10.1. The Kier molecular flexibility index (Phi) is 5.78. The third-order valence-electron chi connectivity index (χ3n) is 9.76. The molecule has 0 bridgehead atoms. The molecule has 5 heteroatoms. The van der Waals surface area contributed by atoms with Crippen molar-refractivity contribution in [1.29, 1.82) is 0 Å². The molecule has 30 heavy (non-hydrogen) atoms. The van der Waals surface area contributed by atoms with Gasteiger partial charge >= 0.3 is 11.9 Å². The van der Waals surface area contributed by atoms with Gasteiger partial charge in [-0.05, 0) is 92.3 Å². The van der Waals surface area contributed by atoms with Crippen molar-refractivity contribution < 1.29 is 23.9 Å². The van der Waals surface area contributed by atoms with Gasteiger partial charge in [-0.2, -0.15) is 0 Å². The van der Waals surface area contributed by atoms with Crippen LogP contribution in [0.5, 0.6) is 0 Å². The first-order valence-electron chi connectivity index (χ1n) is 12.0. The van der Waals surface area contributed by atoms with Gasteiger partial charge in [0.05, 0.1) is 0 Å². The van der Waals surface area contributed by atoms with E-state index in [-0.39, 0.29) is 41.8 Å². The van der Waals surface area contributed by atoms with Crippen LogP contribution in [-0.2, 0) is 23.9 Å². The van der Waals surface area contributed by atoms with Crippen molar-refractivity contribution in [3.05, 3.63) is 0 Å². The number of ether oxygens (including phenoxy) is 2. The standard InChI is InChI=1S/C25H38O5/c1-15(26)29-14-23(28)22-8-7-20-19-6-5-17-13-18(30-16(2)27)9-11-24(17,3)21(19)10-12-25(20,22)4/h17-22H,5-14H2,1-4H3/t17-,18+,19+,20+,21+,22-,24+,25+/m1/s1. The minimum atomic E-state index is -0.373. The van der Waals surface area contributed by atoms with Crippen LogP contribution in [0.25, 0.3) is 0 Å². The molecule has 4 aliphatic rings. The Bertz CT molecular complexity index is 716. The molecule has 0 N–H and O–H groups in total. The minimum Gasteiger partial charge on any atom is -0.463 e. The van der Waals surface area contributed by atoms with Gasteiger partial charge in [-0.25, -0.2) is 0 Å². The lowest BCUT2D eigenvalue weighted by atomic mass is 9.44. The molecule has 0 saturated heterocycles. The topological polar surface area (TPSA) is 69.7 Å². The Morgan fingerprint density at radius 2 is 1.53 bits per heavy atom. The van der Waals surface area contributed by atoms with Gasteiger partial charge in [0.1, 0.15) is 12.7 Å². The molecular weight excluding hydrogens is 380 g/mol. The first kappa shape index (κ1) is 21.8. The fourth-order valence-electron chi connectivity index (χ4n) is 8.36. The zero-order valence-corrected chi connectivity index (χ0v) is 19.1. The number of hydrogen-bond acceptors (Lipinski definition) is 5. The molecule has 5 nitrogen and oxygen atoms in total. The van der Waals surface area contributed by atoms with Crippen molar-refractivity contribution >= 4 is 17.7 Å². The maximum Gasteiger partial charge on any atom is 0.303 e. The zero-order valence-electron chi connectivity index (χ0n) is 19.1. The van der Waals surface area contributed by atoms with E-state index in [0.717, 1.165) is 44.4 Å². The lowest BCUT2D eigenvalue weighted by Gasteiger charge is -2.61. The molecule has 0 unspecified atom stereocenters. The monoisotopic (exact) mass is 418 g/mol. The summed E-state index contributed by atoms with van der Waals surface area (Å²) in [7, 11) is 0. The summed E-state index contributed by atoms with van der Waals surface area (Å²) < 4.78 is 10.6. The van der Waals surface area contributed by atoms with Gasteiger partial charge < -0.3 is 9.47 Å². The summed E-state index contributed by atoms with van der Waals surface area (Å²) in [5.74, 6) is 2.29. The van der Waals surface area contributed by atoms with E-state index >= 15 is 0 Å². The van der Waals surface area contributed by atoms with E-state index in [0.29, 0.717) is 23.2 Å². The van der Waals surface area contributed by atoms with Gasteiger partial charge in [0.25, 0.3) is 0 Å². The normalized spacial score (nSPS) is 44.9. The first-order chi connectivity index (χ1) is 14.1. The summed E-state index contributed by atoms with van der Waals surface area (Å²) in [6.45, 7) is 7.66. The van der Waals surface area contributed by atoms with Crippen molar-refractivity contribution in [2.45, 2.75) is 91.6 Å². The van der Waals surface area contributed by atoms with Crippen LogP contribution in [-0.4, -0.2) is 30.4 Å². The highest BCUT2D eigenvalue weighted by atomic mass is 16.5. The number of carbonyl (C=O) groups is 3. The zero-order chi connectivity index (χ0) is 21.7. The third kappa shape index (κ3) is 3.60. The fraction of sp³-hybridized carbons (Fsp3) is 0.880. The highest BCUT2D eigenvalue weighted by Crippen LogP contribution is 2.67. The maximum atomic E-state index is 12.9. The molecule has 4 fully saturated rings. The Morgan fingerprint density at radius 1 is 0.833 bits per heavy atom. The Morgan fingerprint density at radius 3 is 2.23 bits per heavy atom. The largest absolute Gasteiger partial charge is 0.463 e. The predicted molar refractivity (Wildman–Crippen MR) is 112 cm³/mol.